The zero-order valence-electron chi connectivity index (χ0n) is 14.2. The topological polar surface area (TPSA) is 69.7 Å². The van der Waals surface area contributed by atoms with E-state index in [4.69, 9.17) is 9.47 Å². The Labute approximate surface area is 146 Å². The van der Waals surface area contributed by atoms with Crippen LogP contribution in [0.25, 0.3) is 0 Å². The minimum Gasteiger partial charge on any atom is -0.468 e. The van der Waals surface area contributed by atoms with Crippen LogP contribution in [0.2, 0.25) is 0 Å². The normalized spacial score (nSPS) is 11.6. The van der Waals surface area contributed by atoms with Gasteiger partial charge in [-0.1, -0.05) is 60.7 Å². The van der Waals surface area contributed by atoms with Crippen molar-refractivity contribution < 1.29 is 23.9 Å². The third-order valence-electron chi connectivity index (χ3n) is 4.04. The Morgan fingerprint density at radius 2 is 1.28 bits per heavy atom. The maximum atomic E-state index is 12.7. The minimum absolute atomic E-state index is 0.0110. The highest BCUT2D eigenvalue weighted by atomic mass is 16.5. The molecule has 0 spiro atoms. The highest BCUT2D eigenvalue weighted by Crippen LogP contribution is 2.31. The van der Waals surface area contributed by atoms with Crippen molar-refractivity contribution in [3.8, 4) is 0 Å². The SMILES string of the molecule is COC(=O)C(C(=O)OC)[C@H](CC(=O)c1ccccc1)c1ccccc1. The monoisotopic (exact) mass is 340 g/mol. The Bertz CT molecular complexity index is 708. The molecule has 0 saturated carbocycles. The van der Waals surface area contributed by atoms with E-state index in [1.165, 1.54) is 14.2 Å². The van der Waals surface area contributed by atoms with E-state index >= 15 is 0 Å². The van der Waals surface area contributed by atoms with E-state index < -0.39 is 23.8 Å². The van der Waals surface area contributed by atoms with Crippen LogP contribution in [0.15, 0.2) is 60.7 Å². The van der Waals surface area contributed by atoms with Crippen LogP contribution in [0.5, 0.6) is 0 Å². The zero-order valence-corrected chi connectivity index (χ0v) is 14.2. The summed E-state index contributed by atoms with van der Waals surface area (Å²) in [5, 5.41) is 0. The minimum atomic E-state index is -1.20. The number of Topliss-reactive ketones (excluding diaryl/α,β-unsaturated/α-hetero) is 1. The Hall–Kier alpha value is -2.95. The number of ketones is 1. The first kappa shape index (κ1) is 18.4. The summed E-state index contributed by atoms with van der Waals surface area (Å²) in [5.74, 6) is -3.48. The molecule has 0 radical (unpaired) electrons. The third-order valence-corrected chi connectivity index (χ3v) is 4.04. The van der Waals surface area contributed by atoms with E-state index in [0.29, 0.717) is 11.1 Å². The van der Waals surface area contributed by atoms with Crippen molar-refractivity contribution in [3.05, 3.63) is 71.8 Å². The number of esters is 2. The molecule has 0 bridgehead atoms. The summed E-state index contributed by atoms with van der Waals surface area (Å²) < 4.78 is 9.55. The van der Waals surface area contributed by atoms with Gasteiger partial charge in [-0.15, -0.1) is 0 Å². The summed E-state index contributed by atoms with van der Waals surface area (Å²) in [7, 11) is 2.42. The van der Waals surface area contributed by atoms with Crippen LogP contribution in [-0.2, 0) is 19.1 Å². The molecule has 0 saturated heterocycles. The van der Waals surface area contributed by atoms with Gasteiger partial charge in [-0.25, -0.2) is 0 Å². The summed E-state index contributed by atoms with van der Waals surface area (Å²) in [6.45, 7) is 0. The molecule has 0 amide bonds. The molecule has 2 rings (SSSR count). The molecule has 5 heteroatoms. The van der Waals surface area contributed by atoms with Crippen molar-refractivity contribution in [2.75, 3.05) is 14.2 Å². The fraction of sp³-hybridized carbons (Fsp3) is 0.250. The molecular weight excluding hydrogens is 320 g/mol. The van der Waals surface area contributed by atoms with Crippen molar-refractivity contribution in [2.45, 2.75) is 12.3 Å². The summed E-state index contributed by atoms with van der Waals surface area (Å²) in [4.78, 5) is 37.1. The maximum absolute atomic E-state index is 12.7. The number of hydrogen-bond acceptors (Lipinski definition) is 5. The largest absolute Gasteiger partial charge is 0.468 e. The lowest BCUT2D eigenvalue weighted by Crippen LogP contribution is -2.33. The molecule has 0 fully saturated rings. The third kappa shape index (κ3) is 4.53. The second-order valence-electron chi connectivity index (χ2n) is 5.53. The van der Waals surface area contributed by atoms with Crippen molar-refractivity contribution in [3.63, 3.8) is 0 Å². The van der Waals surface area contributed by atoms with Crippen LogP contribution in [0.4, 0.5) is 0 Å². The van der Waals surface area contributed by atoms with Crippen LogP contribution < -0.4 is 0 Å². The van der Waals surface area contributed by atoms with Crippen LogP contribution >= 0.6 is 0 Å². The molecule has 2 aromatic rings. The highest BCUT2D eigenvalue weighted by molar-refractivity contribution is 6.00. The molecule has 0 aliphatic heterocycles. The molecule has 5 nitrogen and oxygen atoms in total. The maximum Gasteiger partial charge on any atom is 0.320 e. The van der Waals surface area contributed by atoms with Gasteiger partial charge in [0.15, 0.2) is 11.7 Å². The van der Waals surface area contributed by atoms with E-state index in [9.17, 15) is 14.4 Å². The van der Waals surface area contributed by atoms with Crippen molar-refractivity contribution in [1.29, 1.82) is 0 Å². The number of carbonyl (C=O) groups excluding carboxylic acids is 3. The number of benzene rings is 2. The first-order chi connectivity index (χ1) is 12.1. The average molecular weight is 340 g/mol. The van der Waals surface area contributed by atoms with Crippen molar-refractivity contribution >= 4 is 17.7 Å². The lowest BCUT2D eigenvalue weighted by Gasteiger charge is -2.23. The Morgan fingerprint density at radius 3 is 1.76 bits per heavy atom. The number of methoxy groups -OCH3 is 2. The first-order valence-corrected chi connectivity index (χ1v) is 7.87. The standard InChI is InChI=1S/C20H20O5/c1-24-19(22)18(20(23)25-2)16(14-9-5-3-6-10-14)13-17(21)15-11-7-4-8-12-15/h3-12,16,18H,13H2,1-2H3/t16-/m1/s1. The Balaban J connectivity index is 2.40. The van der Waals surface area contributed by atoms with Gasteiger partial charge in [0.05, 0.1) is 14.2 Å². The van der Waals surface area contributed by atoms with E-state index in [1.807, 2.05) is 12.1 Å². The predicted molar refractivity (Wildman–Crippen MR) is 92.1 cm³/mol. The second kappa shape index (κ2) is 8.78. The first-order valence-electron chi connectivity index (χ1n) is 7.87. The summed E-state index contributed by atoms with van der Waals surface area (Å²) in [6, 6.07) is 17.7. The van der Waals surface area contributed by atoms with Gasteiger partial charge in [0.25, 0.3) is 0 Å². The number of carbonyl (C=O) groups is 3. The van der Waals surface area contributed by atoms with Gasteiger partial charge >= 0.3 is 11.9 Å². The molecule has 25 heavy (non-hydrogen) atoms. The fourth-order valence-corrected chi connectivity index (χ4v) is 2.75. The van der Waals surface area contributed by atoms with Gasteiger partial charge in [-0.2, -0.15) is 0 Å². The predicted octanol–water partition coefficient (Wildman–Crippen LogP) is 3.01. The smallest absolute Gasteiger partial charge is 0.320 e. The van der Waals surface area contributed by atoms with Gasteiger partial charge < -0.3 is 9.47 Å². The molecule has 0 heterocycles. The molecule has 0 aliphatic carbocycles. The average Bonchev–Trinajstić information content (AvgIpc) is 2.68. The number of hydrogen-bond donors (Lipinski definition) is 0. The van der Waals surface area contributed by atoms with E-state index in [1.54, 1.807) is 48.5 Å². The summed E-state index contributed by atoms with van der Waals surface area (Å²) in [5.41, 5.74) is 1.23. The van der Waals surface area contributed by atoms with E-state index in [-0.39, 0.29) is 12.2 Å². The lowest BCUT2D eigenvalue weighted by atomic mass is 9.81. The van der Waals surface area contributed by atoms with E-state index in [0.717, 1.165) is 0 Å². The molecule has 130 valence electrons. The zero-order chi connectivity index (χ0) is 18.2. The van der Waals surface area contributed by atoms with Gasteiger partial charge in [0, 0.05) is 17.9 Å². The van der Waals surface area contributed by atoms with Crippen LogP contribution in [0.1, 0.15) is 28.3 Å². The van der Waals surface area contributed by atoms with Crippen LogP contribution in [0, 0.1) is 5.92 Å². The number of rotatable bonds is 7. The van der Waals surface area contributed by atoms with Crippen molar-refractivity contribution in [2.24, 2.45) is 5.92 Å². The number of ether oxygens (including phenoxy) is 2. The molecule has 0 aliphatic rings. The molecule has 1 atom stereocenters. The van der Waals surface area contributed by atoms with Gasteiger partial charge in [0.1, 0.15) is 0 Å². The molecule has 2 aromatic carbocycles. The summed E-state index contributed by atoms with van der Waals surface area (Å²) in [6.07, 6.45) is -0.0110. The van der Waals surface area contributed by atoms with Crippen LogP contribution in [0.3, 0.4) is 0 Å². The molecule has 0 N–H and O–H groups in total. The Morgan fingerprint density at radius 1 is 0.800 bits per heavy atom. The van der Waals surface area contributed by atoms with Gasteiger partial charge in [-0.05, 0) is 5.56 Å². The summed E-state index contributed by atoms with van der Waals surface area (Å²) >= 11 is 0. The second-order valence-corrected chi connectivity index (χ2v) is 5.53. The van der Waals surface area contributed by atoms with Crippen LogP contribution in [-0.4, -0.2) is 31.9 Å². The fourth-order valence-electron chi connectivity index (χ4n) is 2.75. The van der Waals surface area contributed by atoms with Gasteiger partial charge in [0.2, 0.25) is 0 Å². The van der Waals surface area contributed by atoms with Crippen molar-refractivity contribution in [1.82, 2.24) is 0 Å². The lowest BCUT2D eigenvalue weighted by molar-refractivity contribution is -0.159. The van der Waals surface area contributed by atoms with Gasteiger partial charge in [-0.3, -0.25) is 14.4 Å². The quantitative estimate of drug-likeness (QED) is 0.440. The molecule has 0 unspecified atom stereocenters. The molecule has 0 aromatic heterocycles. The Kier molecular flexibility index (Phi) is 6.46. The highest BCUT2D eigenvalue weighted by Gasteiger charge is 2.39. The van der Waals surface area contributed by atoms with E-state index in [2.05, 4.69) is 0 Å². The molecular formula is C20H20O5.